The van der Waals surface area contributed by atoms with E-state index in [2.05, 4.69) is 18.8 Å². The lowest BCUT2D eigenvalue weighted by Crippen LogP contribution is -2.20. The molecule has 0 heterocycles. The number of aliphatic imine (C=N–C) groups is 1. The van der Waals surface area contributed by atoms with E-state index in [1.54, 1.807) is 6.26 Å². The molecule has 0 aliphatic heterocycles. The molecule has 0 saturated carbocycles. The minimum absolute atomic E-state index is 0.135. The molecule has 0 aliphatic carbocycles. The fraction of sp³-hybridized carbons (Fsp3) is 0.333. The van der Waals surface area contributed by atoms with E-state index in [4.69, 9.17) is 0 Å². The summed E-state index contributed by atoms with van der Waals surface area (Å²) in [4.78, 5) is 15.8. The van der Waals surface area contributed by atoms with Gasteiger partial charge in [-0.05, 0) is 6.26 Å². The molecule has 0 aliphatic rings. The Morgan fingerprint density at radius 2 is 0.971 bits per heavy atom. The Morgan fingerprint density at radius 1 is 0.647 bits per heavy atom. The van der Waals surface area contributed by atoms with Crippen LogP contribution in [0.2, 0.25) is 0 Å². The summed E-state index contributed by atoms with van der Waals surface area (Å²) >= 11 is 1.13. The maximum atomic E-state index is 14.1. The van der Waals surface area contributed by atoms with E-state index in [9.17, 15) is 48.7 Å². The van der Waals surface area contributed by atoms with E-state index < -0.39 is 87.2 Å². The van der Waals surface area contributed by atoms with Crippen molar-refractivity contribution in [1.82, 2.24) is 0 Å². The van der Waals surface area contributed by atoms with Crippen LogP contribution in [0.5, 0.6) is 0 Å². The summed E-state index contributed by atoms with van der Waals surface area (Å²) in [7, 11) is 0. The third kappa shape index (κ3) is 6.10. The summed E-state index contributed by atoms with van der Waals surface area (Å²) in [5.41, 5.74) is -4.73. The van der Waals surface area contributed by atoms with Crippen LogP contribution in [0.3, 0.4) is 0 Å². The van der Waals surface area contributed by atoms with Crippen molar-refractivity contribution in [2.24, 2.45) is 4.99 Å². The van der Waals surface area contributed by atoms with E-state index in [0.717, 1.165) is 11.8 Å². The highest BCUT2D eigenvalue weighted by Gasteiger charge is 2.33. The van der Waals surface area contributed by atoms with Crippen LogP contribution in [0, 0.1) is 58.2 Å². The molecule has 2 rings (SSSR count). The summed E-state index contributed by atoms with van der Waals surface area (Å²) < 4.78 is 136. The quantitative estimate of drug-likeness (QED) is 0.0989. The van der Waals surface area contributed by atoms with Gasteiger partial charge in [0.25, 0.3) is 0 Å². The molecule has 34 heavy (non-hydrogen) atoms. The second-order valence-corrected chi connectivity index (χ2v) is 7.50. The minimum Gasteiger partial charge on any atom is -0.294 e. The molecule has 0 spiro atoms. The number of carbonyl (C=O) groups excluding carboxylic acids is 1. The smallest absolute Gasteiger partial charge is 0.200 e. The van der Waals surface area contributed by atoms with E-state index in [-0.39, 0.29) is 12.3 Å². The van der Waals surface area contributed by atoms with Crippen molar-refractivity contribution in [2.45, 2.75) is 26.7 Å². The maximum Gasteiger partial charge on any atom is 0.200 e. The van der Waals surface area contributed by atoms with Gasteiger partial charge in [0.1, 0.15) is 0 Å². The van der Waals surface area contributed by atoms with Crippen molar-refractivity contribution in [1.29, 1.82) is 0 Å². The van der Waals surface area contributed by atoms with Crippen molar-refractivity contribution >= 4 is 23.3 Å². The molecule has 0 radical (unpaired) electrons. The van der Waals surface area contributed by atoms with E-state index in [1.807, 2.05) is 0 Å². The lowest BCUT2D eigenvalue weighted by atomic mass is 9.98. The molecular weight excluding hydrogens is 504 g/mol. The van der Waals surface area contributed by atoms with Gasteiger partial charge in [-0.2, -0.15) is 11.8 Å². The molecule has 0 amide bonds. The summed E-state index contributed by atoms with van der Waals surface area (Å²) in [6.07, 6.45) is 1.29. The monoisotopic (exact) mass is 521 g/mol. The van der Waals surface area contributed by atoms with Crippen LogP contribution < -0.4 is 0 Å². The molecule has 0 saturated heterocycles. The van der Waals surface area contributed by atoms with Crippen LogP contribution in [-0.2, 0) is 0 Å². The molecule has 2 nitrogen and oxygen atoms in total. The summed E-state index contributed by atoms with van der Waals surface area (Å²) in [6, 6.07) is 0. The molecule has 188 valence electrons. The first-order valence-electron chi connectivity index (χ1n) is 9.45. The summed E-state index contributed by atoms with van der Waals surface area (Å²) in [6.45, 7) is 3.92. The zero-order chi connectivity index (χ0) is 26.3. The van der Waals surface area contributed by atoms with Crippen LogP contribution in [-0.4, -0.2) is 30.0 Å². The molecule has 13 heteroatoms. The second-order valence-electron chi connectivity index (χ2n) is 6.52. The molecule has 0 unspecified atom stereocenters. The van der Waals surface area contributed by atoms with Crippen molar-refractivity contribution in [3.05, 3.63) is 69.3 Å². The molecule has 0 bridgehead atoms. The molecule has 0 atom stereocenters. The van der Waals surface area contributed by atoms with Crippen LogP contribution in [0.4, 0.5) is 43.9 Å². The van der Waals surface area contributed by atoms with Crippen LogP contribution in [0.25, 0.3) is 0 Å². The predicted octanol–water partition coefficient (Wildman–Crippen LogP) is 6.92. The molecule has 2 aromatic rings. The fourth-order valence-corrected chi connectivity index (χ4v) is 2.72. The number of nitrogens with zero attached hydrogens (tertiary/aromatic N) is 1. The molecule has 2 aromatic carbocycles. The van der Waals surface area contributed by atoms with Gasteiger partial charge in [-0.15, -0.1) is 0 Å². The van der Waals surface area contributed by atoms with Crippen LogP contribution in [0.15, 0.2) is 4.99 Å². The fourth-order valence-electron chi connectivity index (χ4n) is 2.44. The first kappa shape index (κ1) is 29.5. The zero-order valence-corrected chi connectivity index (χ0v) is 18.7. The molecule has 0 N–H and O–H groups in total. The normalized spacial score (nSPS) is 11.4. The van der Waals surface area contributed by atoms with Gasteiger partial charge in [0.15, 0.2) is 52.3 Å². The minimum atomic E-state index is -2.56. The standard InChI is InChI=1S/C18H9F10NOS.C3H8/c1-31-3-2-29-5(7-9(19)13(23)17(27)14(24)10(7)20)4-6(30)8-11(21)15(25)18(28)16(26)12(8)22;1-3-2/h2-4H2,1H3;3H2,1-2H3. The number of rotatable bonds is 7. The first-order chi connectivity index (χ1) is 15.9. The van der Waals surface area contributed by atoms with E-state index >= 15 is 0 Å². The average molecular weight is 521 g/mol. The highest BCUT2D eigenvalue weighted by molar-refractivity contribution is 7.98. The molecular formula is C21H17F10NOS. The molecule has 0 fully saturated rings. The summed E-state index contributed by atoms with van der Waals surface area (Å²) in [5.74, 6) is -26.3. The van der Waals surface area contributed by atoms with Crippen molar-refractivity contribution in [3.63, 3.8) is 0 Å². The predicted molar refractivity (Wildman–Crippen MR) is 107 cm³/mol. The Bertz CT molecular complexity index is 1050. The number of ketones is 1. The highest BCUT2D eigenvalue weighted by atomic mass is 32.2. The number of hydrogen-bond donors (Lipinski definition) is 0. The van der Waals surface area contributed by atoms with Gasteiger partial charge in [-0.3, -0.25) is 9.79 Å². The number of halogens is 10. The SMILES string of the molecule is CCC.CSCCN=C(CC(=O)c1c(F)c(F)c(F)c(F)c1F)c1c(F)c(F)c(F)c(F)c1F. The highest BCUT2D eigenvalue weighted by Crippen LogP contribution is 2.28. The largest absolute Gasteiger partial charge is 0.294 e. The van der Waals surface area contributed by atoms with Gasteiger partial charge >= 0.3 is 0 Å². The van der Waals surface area contributed by atoms with Crippen molar-refractivity contribution in [2.75, 3.05) is 18.6 Å². The molecule has 0 aromatic heterocycles. The number of hydrogen-bond acceptors (Lipinski definition) is 3. The average Bonchev–Trinajstić information content (AvgIpc) is 2.79. The maximum absolute atomic E-state index is 14.1. The number of benzene rings is 2. The second kappa shape index (κ2) is 12.8. The zero-order valence-electron chi connectivity index (χ0n) is 17.9. The first-order valence-corrected chi connectivity index (χ1v) is 10.8. The van der Waals surface area contributed by atoms with E-state index in [0.29, 0.717) is 0 Å². The topological polar surface area (TPSA) is 29.4 Å². The van der Waals surface area contributed by atoms with Crippen molar-refractivity contribution < 1.29 is 48.7 Å². The Morgan fingerprint density at radius 3 is 1.32 bits per heavy atom. The summed E-state index contributed by atoms with van der Waals surface area (Å²) in [5, 5.41) is 0. The third-order valence-electron chi connectivity index (χ3n) is 3.91. The van der Waals surface area contributed by atoms with Gasteiger partial charge in [0, 0.05) is 12.3 Å². The Balaban J connectivity index is 0.00000182. The Hall–Kier alpha value is -2.57. The number of Topliss-reactive ketones (excluding diaryl/α,β-unsaturated/α-hetero) is 1. The van der Waals surface area contributed by atoms with Gasteiger partial charge in [-0.1, -0.05) is 20.3 Å². The van der Waals surface area contributed by atoms with Crippen LogP contribution in [0.1, 0.15) is 42.6 Å². The van der Waals surface area contributed by atoms with Crippen LogP contribution >= 0.6 is 11.8 Å². The number of carbonyl (C=O) groups is 1. The third-order valence-corrected chi connectivity index (χ3v) is 4.50. The van der Waals surface area contributed by atoms with Crippen molar-refractivity contribution in [3.8, 4) is 0 Å². The van der Waals surface area contributed by atoms with Gasteiger partial charge in [0.05, 0.1) is 23.3 Å². The van der Waals surface area contributed by atoms with Gasteiger partial charge < -0.3 is 0 Å². The van der Waals surface area contributed by atoms with E-state index in [1.165, 1.54) is 6.42 Å². The Labute approximate surface area is 192 Å². The number of thioether (sulfide) groups is 1. The lowest BCUT2D eigenvalue weighted by Gasteiger charge is -2.12. The lowest BCUT2D eigenvalue weighted by molar-refractivity contribution is 0.0989. The van der Waals surface area contributed by atoms with Gasteiger partial charge in [0.2, 0.25) is 11.6 Å². The van der Waals surface area contributed by atoms with Gasteiger partial charge in [-0.25, -0.2) is 43.9 Å². The Kier molecular flexibility index (Phi) is 11.1.